The Morgan fingerprint density at radius 3 is 2.48 bits per heavy atom. The van der Waals surface area contributed by atoms with Crippen molar-refractivity contribution in [3.63, 3.8) is 0 Å². The van der Waals surface area contributed by atoms with Crippen molar-refractivity contribution in [3.05, 3.63) is 35.9 Å². The third kappa shape index (κ3) is 2.58. The number of aliphatic hydroxyl groups is 1. The SMILES string of the molecule is O=C(NCC1[C@H]2CNC[C@@H]12)C(O)(c1ccccc1)C1CCCC1. The van der Waals surface area contributed by atoms with Gasteiger partial charge in [0.05, 0.1) is 0 Å². The molecule has 124 valence electrons. The Kier molecular flexibility index (Phi) is 3.90. The van der Waals surface area contributed by atoms with Crippen molar-refractivity contribution in [1.82, 2.24) is 10.6 Å². The van der Waals surface area contributed by atoms with E-state index < -0.39 is 5.60 Å². The van der Waals surface area contributed by atoms with Crippen LogP contribution < -0.4 is 10.6 Å². The minimum absolute atomic E-state index is 0.0327. The highest BCUT2D eigenvalue weighted by Crippen LogP contribution is 2.48. The van der Waals surface area contributed by atoms with E-state index in [9.17, 15) is 9.90 Å². The van der Waals surface area contributed by atoms with Gasteiger partial charge in [-0.2, -0.15) is 0 Å². The third-order valence-corrected chi connectivity index (χ3v) is 6.27. The maximum atomic E-state index is 12.9. The smallest absolute Gasteiger partial charge is 0.256 e. The van der Waals surface area contributed by atoms with Crippen LogP contribution >= 0.6 is 0 Å². The fourth-order valence-corrected chi connectivity index (χ4v) is 4.78. The lowest BCUT2D eigenvalue weighted by molar-refractivity contribution is -0.147. The van der Waals surface area contributed by atoms with Gasteiger partial charge in [0.15, 0.2) is 5.60 Å². The number of rotatable bonds is 5. The summed E-state index contributed by atoms with van der Waals surface area (Å²) in [6, 6.07) is 9.50. The van der Waals surface area contributed by atoms with Crippen molar-refractivity contribution in [2.24, 2.45) is 23.7 Å². The number of hydrogen-bond donors (Lipinski definition) is 3. The topological polar surface area (TPSA) is 61.4 Å². The molecule has 1 heterocycles. The summed E-state index contributed by atoms with van der Waals surface area (Å²) < 4.78 is 0. The van der Waals surface area contributed by atoms with Crippen LogP contribution in [-0.2, 0) is 10.4 Å². The van der Waals surface area contributed by atoms with Crippen molar-refractivity contribution < 1.29 is 9.90 Å². The van der Waals surface area contributed by atoms with Gasteiger partial charge in [-0.1, -0.05) is 43.2 Å². The second kappa shape index (κ2) is 5.91. The molecule has 3 fully saturated rings. The molecule has 0 radical (unpaired) electrons. The molecule has 2 aliphatic carbocycles. The van der Waals surface area contributed by atoms with Gasteiger partial charge in [0, 0.05) is 12.5 Å². The van der Waals surface area contributed by atoms with Gasteiger partial charge in [0.2, 0.25) is 0 Å². The predicted molar refractivity (Wildman–Crippen MR) is 88.6 cm³/mol. The Balaban J connectivity index is 1.49. The van der Waals surface area contributed by atoms with E-state index in [1.165, 1.54) is 0 Å². The monoisotopic (exact) mass is 314 g/mol. The van der Waals surface area contributed by atoms with Gasteiger partial charge in [-0.25, -0.2) is 0 Å². The fraction of sp³-hybridized carbons (Fsp3) is 0.632. The van der Waals surface area contributed by atoms with E-state index in [2.05, 4.69) is 10.6 Å². The van der Waals surface area contributed by atoms with Gasteiger partial charge in [-0.05, 0) is 49.2 Å². The zero-order valence-electron chi connectivity index (χ0n) is 13.5. The number of nitrogens with one attached hydrogen (secondary N) is 2. The summed E-state index contributed by atoms with van der Waals surface area (Å²) in [5.41, 5.74) is -0.637. The Bertz CT molecular complexity index is 560. The minimum atomic E-state index is -1.37. The molecule has 2 saturated carbocycles. The molecule has 3 aliphatic rings. The summed E-state index contributed by atoms with van der Waals surface area (Å²) in [6.07, 6.45) is 4.06. The maximum absolute atomic E-state index is 12.9. The average Bonchev–Trinajstić information content (AvgIpc) is 3.02. The van der Waals surface area contributed by atoms with Crippen LogP contribution in [-0.4, -0.2) is 30.6 Å². The van der Waals surface area contributed by atoms with Gasteiger partial charge in [0.25, 0.3) is 5.91 Å². The van der Waals surface area contributed by atoms with E-state index in [1.807, 2.05) is 30.3 Å². The predicted octanol–water partition coefficient (Wildman–Crippen LogP) is 1.65. The number of amides is 1. The lowest BCUT2D eigenvalue weighted by Crippen LogP contribution is -2.49. The highest BCUT2D eigenvalue weighted by Gasteiger charge is 2.53. The molecule has 2 unspecified atom stereocenters. The molecule has 4 nitrogen and oxygen atoms in total. The highest BCUT2D eigenvalue weighted by molar-refractivity contribution is 5.86. The highest BCUT2D eigenvalue weighted by atomic mass is 16.3. The summed E-state index contributed by atoms with van der Waals surface area (Å²) in [4.78, 5) is 12.9. The largest absolute Gasteiger partial charge is 0.375 e. The fourth-order valence-electron chi connectivity index (χ4n) is 4.78. The van der Waals surface area contributed by atoms with E-state index in [-0.39, 0.29) is 11.8 Å². The first kappa shape index (κ1) is 15.2. The van der Waals surface area contributed by atoms with Crippen LogP contribution in [0.25, 0.3) is 0 Å². The lowest BCUT2D eigenvalue weighted by Gasteiger charge is -2.33. The van der Waals surface area contributed by atoms with Crippen LogP contribution in [0.15, 0.2) is 30.3 Å². The van der Waals surface area contributed by atoms with E-state index in [1.54, 1.807) is 0 Å². The Hall–Kier alpha value is -1.39. The summed E-state index contributed by atoms with van der Waals surface area (Å²) in [6.45, 7) is 2.87. The maximum Gasteiger partial charge on any atom is 0.256 e. The second-order valence-electron chi connectivity index (χ2n) is 7.47. The molecular weight excluding hydrogens is 288 g/mol. The van der Waals surface area contributed by atoms with Crippen LogP contribution in [0.5, 0.6) is 0 Å². The van der Waals surface area contributed by atoms with Crippen LogP contribution in [0, 0.1) is 23.7 Å². The van der Waals surface area contributed by atoms with Crippen molar-refractivity contribution in [3.8, 4) is 0 Å². The number of benzene rings is 1. The molecule has 4 heteroatoms. The Morgan fingerprint density at radius 1 is 1.17 bits per heavy atom. The zero-order valence-corrected chi connectivity index (χ0v) is 13.5. The van der Waals surface area contributed by atoms with Crippen LogP contribution in [0.1, 0.15) is 31.2 Å². The van der Waals surface area contributed by atoms with Crippen LogP contribution in [0.2, 0.25) is 0 Å². The van der Waals surface area contributed by atoms with E-state index in [0.29, 0.717) is 12.5 Å². The Labute approximate surface area is 137 Å². The molecule has 0 aromatic heterocycles. The van der Waals surface area contributed by atoms with Gasteiger partial charge >= 0.3 is 0 Å². The molecule has 0 spiro atoms. The number of piperidine rings is 1. The van der Waals surface area contributed by atoms with Crippen LogP contribution in [0.4, 0.5) is 0 Å². The summed E-state index contributed by atoms with van der Waals surface area (Å²) in [5.74, 6) is 1.89. The summed E-state index contributed by atoms with van der Waals surface area (Å²) in [7, 11) is 0. The first-order chi connectivity index (χ1) is 11.2. The van der Waals surface area contributed by atoms with E-state index in [4.69, 9.17) is 0 Å². The quantitative estimate of drug-likeness (QED) is 0.774. The van der Waals surface area contributed by atoms with Gasteiger partial charge in [-0.3, -0.25) is 4.79 Å². The molecule has 23 heavy (non-hydrogen) atoms. The normalized spacial score (nSPS) is 32.3. The summed E-state index contributed by atoms with van der Waals surface area (Å²) in [5, 5.41) is 17.8. The lowest BCUT2D eigenvalue weighted by atomic mass is 9.79. The zero-order chi connectivity index (χ0) is 15.9. The van der Waals surface area contributed by atoms with Gasteiger partial charge < -0.3 is 15.7 Å². The Morgan fingerprint density at radius 2 is 1.83 bits per heavy atom. The number of hydrogen-bond acceptors (Lipinski definition) is 3. The van der Waals surface area contributed by atoms with Crippen molar-refractivity contribution in [1.29, 1.82) is 0 Å². The average molecular weight is 314 g/mol. The van der Waals surface area contributed by atoms with Gasteiger partial charge in [-0.15, -0.1) is 0 Å². The molecule has 1 aromatic rings. The van der Waals surface area contributed by atoms with Crippen molar-refractivity contribution >= 4 is 5.91 Å². The molecule has 1 saturated heterocycles. The van der Waals surface area contributed by atoms with E-state index in [0.717, 1.165) is 56.2 Å². The van der Waals surface area contributed by atoms with Crippen LogP contribution in [0.3, 0.4) is 0 Å². The third-order valence-electron chi connectivity index (χ3n) is 6.27. The minimum Gasteiger partial charge on any atom is -0.375 e. The van der Waals surface area contributed by atoms with Gasteiger partial charge in [0.1, 0.15) is 0 Å². The molecule has 3 N–H and O–H groups in total. The standard InChI is InChI=1S/C19H26N2O2/c22-18(21-12-17-15-10-20-11-16(15)17)19(23,14-8-4-5-9-14)13-6-2-1-3-7-13/h1-3,6-7,14-17,20,23H,4-5,8-12H2,(H,21,22)/t15-,16+,17?,19?. The molecule has 1 amide bonds. The number of carbonyl (C=O) groups excluding carboxylic acids is 1. The van der Waals surface area contributed by atoms with Crippen molar-refractivity contribution in [2.75, 3.05) is 19.6 Å². The number of fused-ring (bicyclic) bond motifs is 1. The van der Waals surface area contributed by atoms with Crippen molar-refractivity contribution in [2.45, 2.75) is 31.3 Å². The number of carbonyl (C=O) groups is 1. The van der Waals surface area contributed by atoms with E-state index >= 15 is 0 Å². The molecular formula is C19H26N2O2. The molecule has 1 aromatic carbocycles. The summed E-state index contributed by atoms with van der Waals surface area (Å²) >= 11 is 0. The molecule has 4 atom stereocenters. The first-order valence-electron chi connectivity index (χ1n) is 8.98. The molecule has 1 aliphatic heterocycles. The molecule has 0 bridgehead atoms. The molecule has 4 rings (SSSR count). The second-order valence-corrected chi connectivity index (χ2v) is 7.47. The first-order valence-corrected chi connectivity index (χ1v) is 8.98.